The van der Waals surface area contributed by atoms with Crippen molar-refractivity contribution in [3.8, 4) is 0 Å². The van der Waals surface area contributed by atoms with Crippen LogP contribution in [0.4, 0.5) is 0 Å². The summed E-state index contributed by atoms with van der Waals surface area (Å²) in [6, 6.07) is 19.4. The minimum absolute atomic E-state index is 0.433. The SMILES string of the molecule is C[Si](C)(C)C/C=C/C[C@H](O)c1ccc(COCc2ccccc2)cc1. The molecule has 0 aliphatic rings. The topological polar surface area (TPSA) is 29.5 Å². The Kier molecular flexibility index (Phi) is 7.63. The number of hydrogen-bond donors (Lipinski definition) is 1. The molecule has 25 heavy (non-hydrogen) atoms. The summed E-state index contributed by atoms with van der Waals surface area (Å²) in [4.78, 5) is 0. The van der Waals surface area contributed by atoms with Crippen LogP contribution in [0.3, 0.4) is 0 Å². The van der Waals surface area contributed by atoms with Gasteiger partial charge in [0.15, 0.2) is 0 Å². The van der Waals surface area contributed by atoms with Gasteiger partial charge in [-0.05, 0) is 29.2 Å². The van der Waals surface area contributed by atoms with E-state index >= 15 is 0 Å². The second-order valence-electron chi connectivity index (χ2n) is 7.71. The first-order chi connectivity index (χ1) is 11.9. The Labute approximate surface area is 153 Å². The summed E-state index contributed by atoms with van der Waals surface area (Å²) in [5.74, 6) is 0. The lowest BCUT2D eigenvalue weighted by Crippen LogP contribution is -2.17. The van der Waals surface area contributed by atoms with Crippen molar-refractivity contribution in [2.24, 2.45) is 0 Å². The fraction of sp³-hybridized carbons (Fsp3) is 0.364. The summed E-state index contributed by atoms with van der Waals surface area (Å²) in [6.45, 7) is 8.26. The van der Waals surface area contributed by atoms with E-state index in [0.29, 0.717) is 19.6 Å². The predicted molar refractivity (Wildman–Crippen MR) is 108 cm³/mol. The summed E-state index contributed by atoms with van der Waals surface area (Å²) >= 11 is 0. The Balaban J connectivity index is 1.76. The van der Waals surface area contributed by atoms with Crippen LogP contribution in [0.25, 0.3) is 0 Å². The van der Waals surface area contributed by atoms with Gasteiger partial charge in [0.05, 0.1) is 19.3 Å². The van der Waals surface area contributed by atoms with Crippen LogP contribution in [0.2, 0.25) is 25.7 Å². The van der Waals surface area contributed by atoms with E-state index in [4.69, 9.17) is 4.74 Å². The Morgan fingerprint density at radius 3 is 2.08 bits per heavy atom. The molecule has 0 saturated heterocycles. The molecule has 0 aliphatic carbocycles. The summed E-state index contributed by atoms with van der Waals surface area (Å²) < 4.78 is 5.75. The average Bonchev–Trinajstić information content (AvgIpc) is 2.59. The molecule has 0 unspecified atom stereocenters. The monoisotopic (exact) mass is 354 g/mol. The molecule has 3 heteroatoms. The summed E-state index contributed by atoms with van der Waals surface area (Å²) in [5, 5.41) is 10.3. The maximum atomic E-state index is 10.3. The van der Waals surface area contributed by atoms with Gasteiger partial charge in [0, 0.05) is 8.07 Å². The van der Waals surface area contributed by atoms with Gasteiger partial charge in [-0.1, -0.05) is 86.4 Å². The number of ether oxygens (including phenoxy) is 1. The lowest BCUT2D eigenvalue weighted by atomic mass is 10.0. The third-order valence-electron chi connectivity index (χ3n) is 4.00. The summed E-state index contributed by atoms with van der Waals surface area (Å²) in [7, 11) is -1.04. The van der Waals surface area contributed by atoms with Crippen molar-refractivity contribution in [3.63, 3.8) is 0 Å². The third kappa shape index (κ3) is 7.82. The van der Waals surface area contributed by atoms with Crippen LogP contribution in [0.5, 0.6) is 0 Å². The van der Waals surface area contributed by atoms with Gasteiger partial charge in [0.2, 0.25) is 0 Å². The van der Waals surface area contributed by atoms with Crippen molar-refractivity contribution in [2.45, 2.75) is 51.4 Å². The number of aliphatic hydroxyl groups excluding tert-OH is 1. The highest BCUT2D eigenvalue weighted by molar-refractivity contribution is 6.76. The highest BCUT2D eigenvalue weighted by atomic mass is 28.3. The van der Waals surface area contributed by atoms with E-state index < -0.39 is 14.2 Å². The van der Waals surface area contributed by atoms with E-state index in [-0.39, 0.29) is 0 Å². The largest absolute Gasteiger partial charge is 0.388 e. The van der Waals surface area contributed by atoms with E-state index in [0.717, 1.165) is 17.2 Å². The first-order valence-corrected chi connectivity index (χ1v) is 12.7. The molecule has 2 aromatic carbocycles. The van der Waals surface area contributed by atoms with Gasteiger partial charge < -0.3 is 9.84 Å². The zero-order chi connectivity index (χ0) is 18.1. The van der Waals surface area contributed by atoms with Crippen LogP contribution in [0.15, 0.2) is 66.7 Å². The normalized spacial score (nSPS) is 13.3. The van der Waals surface area contributed by atoms with Gasteiger partial charge in [0.25, 0.3) is 0 Å². The van der Waals surface area contributed by atoms with Gasteiger partial charge in [-0.2, -0.15) is 0 Å². The first-order valence-electron chi connectivity index (χ1n) is 8.98. The Morgan fingerprint density at radius 1 is 0.880 bits per heavy atom. The van der Waals surface area contributed by atoms with Crippen LogP contribution < -0.4 is 0 Å². The average molecular weight is 355 g/mol. The highest BCUT2D eigenvalue weighted by Crippen LogP contribution is 2.19. The molecule has 0 spiro atoms. The molecular formula is C22H30O2Si. The van der Waals surface area contributed by atoms with Crippen molar-refractivity contribution < 1.29 is 9.84 Å². The van der Waals surface area contributed by atoms with Crippen molar-refractivity contribution in [3.05, 3.63) is 83.4 Å². The second kappa shape index (κ2) is 9.71. The van der Waals surface area contributed by atoms with E-state index in [2.05, 4.69) is 43.9 Å². The van der Waals surface area contributed by atoms with Crippen LogP contribution in [0, 0.1) is 0 Å². The molecule has 1 atom stereocenters. The van der Waals surface area contributed by atoms with Crippen molar-refractivity contribution in [1.82, 2.24) is 0 Å². The van der Waals surface area contributed by atoms with Crippen molar-refractivity contribution in [1.29, 1.82) is 0 Å². The molecule has 0 amide bonds. The lowest BCUT2D eigenvalue weighted by molar-refractivity contribution is 0.107. The van der Waals surface area contributed by atoms with E-state index in [1.54, 1.807) is 0 Å². The molecule has 0 aliphatic heterocycles. The molecule has 0 fully saturated rings. The maximum Gasteiger partial charge on any atom is 0.0824 e. The van der Waals surface area contributed by atoms with Crippen LogP contribution in [0.1, 0.15) is 29.2 Å². The molecule has 0 radical (unpaired) electrons. The van der Waals surface area contributed by atoms with E-state index in [9.17, 15) is 5.11 Å². The molecule has 2 rings (SSSR count). The fourth-order valence-corrected chi connectivity index (χ4v) is 3.37. The molecule has 0 saturated carbocycles. The van der Waals surface area contributed by atoms with Crippen molar-refractivity contribution in [2.75, 3.05) is 0 Å². The Hall–Kier alpha value is -1.68. The molecule has 1 N–H and O–H groups in total. The van der Waals surface area contributed by atoms with Crippen molar-refractivity contribution >= 4 is 8.07 Å². The van der Waals surface area contributed by atoms with Crippen LogP contribution in [-0.4, -0.2) is 13.2 Å². The molecule has 0 bridgehead atoms. The summed E-state index contributed by atoms with van der Waals surface area (Å²) in [6.07, 6.45) is 4.58. The number of benzene rings is 2. The minimum Gasteiger partial charge on any atom is -0.388 e. The zero-order valence-corrected chi connectivity index (χ0v) is 16.6. The number of allylic oxidation sites excluding steroid dienone is 1. The highest BCUT2D eigenvalue weighted by Gasteiger charge is 2.10. The first kappa shape index (κ1) is 19.6. The number of aliphatic hydroxyl groups is 1. The number of hydrogen-bond acceptors (Lipinski definition) is 2. The predicted octanol–water partition coefficient (Wildman–Crippen LogP) is 5.72. The smallest absolute Gasteiger partial charge is 0.0824 e. The van der Waals surface area contributed by atoms with Gasteiger partial charge >= 0.3 is 0 Å². The van der Waals surface area contributed by atoms with Gasteiger partial charge in [-0.15, -0.1) is 0 Å². The van der Waals surface area contributed by atoms with Crippen LogP contribution in [-0.2, 0) is 18.0 Å². The molecule has 0 aromatic heterocycles. The third-order valence-corrected chi connectivity index (χ3v) is 5.46. The number of rotatable bonds is 9. The molecular weight excluding hydrogens is 324 g/mol. The zero-order valence-electron chi connectivity index (χ0n) is 15.6. The fourth-order valence-electron chi connectivity index (χ4n) is 2.50. The molecule has 134 valence electrons. The van der Waals surface area contributed by atoms with E-state index in [1.807, 2.05) is 42.5 Å². The minimum atomic E-state index is -1.04. The maximum absolute atomic E-state index is 10.3. The standard InChI is InChI=1S/C22H30O2Si/c1-25(2,3)16-8-7-11-22(23)21-14-12-20(13-15-21)18-24-17-19-9-5-4-6-10-19/h4-10,12-15,22-23H,11,16-18H2,1-3H3/b8-7+/t22-/m0/s1. The Morgan fingerprint density at radius 2 is 1.48 bits per heavy atom. The second-order valence-corrected chi connectivity index (χ2v) is 13.2. The molecule has 2 nitrogen and oxygen atoms in total. The molecule has 2 aromatic rings. The quantitative estimate of drug-likeness (QED) is 0.461. The summed E-state index contributed by atoms with van der Waals surface area (Å²) in [5.41, 5.74) is 3.27. The lowest BCUT2D eigenvalue weighted by Gasteiger charge is -2.12. The molecule has 0 heterocycles. The van der Waals surface area contributed by atoms with Gasteiger partial charge in [-0.3, -0.25) is 0 Å². The van der Waals surface area contributed by atoms with Crippen LogP contribution >= 0.6 is 0 Å². The van der Waals surface area contributed by atoms with E-state index in [1.165, 1.54) is 5.56 Å². The van der Waals surface area contributed by atoms with Gasteiger partial charge in [0.1, 0.15) is 0 Å². The van der Waals surface area contributed by atoms with Gasteiger partial charge in [-0.25, -0.2) is 0 Å². The Bertz CT molecular complexity index is 642.